The Bertz CT molecular complexity index is 899. The molecule has 0 spiro atoms. The first-order chi connectivity index (χ1) is 13.1. The van der Waals surface area contributed by atoms with Gasteiger partial charge in [-0.05, 0) is 56.7 Å². The van der Waals surface area contributed by atoms with Gasteiger partial charge in [0, 0.05) is 28.3 Å². The Kier molecular flexibility index (Phi) is 6.35. The van der Waals surface area contributed by atoms with Gasteiger partial charge in [-0.3, -0.25) is 4.79 Å². The van der Waals surface area contributed by atoms with Crippen LogP contribution in [0.2, 0.25) is 0 Å². The molecule has 0 fully saturated rings. The molecule has 0 unspecified atom stereocenters. The molecule has 1 N–H and O–H groups in total. The van der Waals surface area contributed by atoms with E-state index in [1.165, 1.54) is 10.5 Å². The molecule has 0 aliphatic heterocycles. The minimum Gasteiger partial charge on any atom is -0.441 e. The van der Waals surface area contributed by atoms with Gasteiger partial charge in [0.2, 0.25) is 5.89 Å². The number of thioether (sulfide) groups is 1. The van der Waals surface area contributed by atoms with E-state index in [4.69, 9.17) is 4.42 Å². The highest BCUT2D eigenvalue weighted by Gasteiger charge is 2.13. The van der Waals surface area contributed by atoms with Crippen LogP contribution in [0.4, 0.5) is 0 Å². The Morgan fingerprint density at radius 3 is 2.44 bits per heavy atom. The molecular weight excluding hydrogens is 356 g/mol. The molecule has 0 aliphatic carbocycles. The van der Waals surface area contributed by atoms with E-state index >= 15 is 0 Å². The molecule has 140 valence electrons. The topological polar surface area (TPSA) is 55.1 Å². The first-order valence-corrected chi connectivity index (χ1v) is 10.1. The summed E-state index contributed by atoms with van der Waals surface area (Å²) in [6, 6.07) is 15.8. The molecule has 2 aromatic carbocycles. The predicted octanol–water partition coefficient (Wildman–Crippen LogP) is 5.39. The van der Waals surface area contributed by atoms with Crippen LogP contribution in [0, 0.1) is 13.8 Å². The van der Waals surface area contributed by atoms with Crippen molar-refractivity contribution in [3.05, 3.63) is 71.1 Å². The molecule has 0 radical (unpaired) electrons. The summed E-state index contributed by atoms with van der Waals surface area (Å²) in [6.45, 7) is 6.74. The molecule has 3 rings (SSSR count). The molecule has 1 aromatic heterocycles. The number of nitrogens with zero attached hydrogens (tertiary/aromatic N) is 1. The lowest BCUT2D eigenvalue weighted by Gasteiger charge is -2.03. The number of amides is 1. The van der Waals surface area contributed by atoms with Crippen LogP contribution in [0.25, 0.3) is 11.5 Å². The number of carbonyl (C=O) groups excluding carboxylic acids is 1. The highest BCUT2D eigenvalue weighted by Crippen LogP contribution is 2.28. The minimum absolute atomic E-state index is 0.0535. The zero-order valence-electron chi connectivity index (χ0n) is 15.9. The van der Waals surface area contributed by atoms with Crippen molar-refractivity contribution < 1.29 is 9.21 Å². The number of hydrogen-bond donors (Lipinski definition) is 1. The van der Waals surface area contributed by atoms with Crippen molar-refractivity contribution in [1.82, 2.24) is 10.3 Å². The van der Waals surface area contributed by atoms with E-state index < -0.39 is 0 Å². The highest BCUT2D eigenvalue weighted by molar-refractivity contribution is 7.98. The monoisotopic (exact) mass is 380 g/mol. The van der Waals surface area contributed by atoms with Crippen LogP contribution in [-0.4, -0.2) is 17.4 Å². The van der Waals surface area contributed by atoms with Gasteiger partial charge in [-0.15, -0.1) is 11.8 Å². The predicted molar refractivity (Wildman–Crippen MR) is 110 cm³/mol. The van der Waals surface area contributed by atoms with Gasteiger partial charge < -0.3 is 9.73 Å². The van der Waals surface area contributed by atoms with E-state index in [9.17, 15) is 4.79 Å². The van der Waals surface area contributed by atoms with Crippen LogP contribution in [0.15, 0.2) is 57.8 Å². The molecule has 0 atom stereocenters. The number of aryl methyl sites for hydroxylation is 2. The van der Waals surface area contributed by atoms with Crippen LogP contribution < -0.4 is 5.32 Å². The molecule has 0 saturated heterocycles. The molecule has 27 heavy (non-hydrogen) atoms. The van der Waals surface area contributed by atoms with Gasteiger partial charge in [-0.1, -0.05) is 24.6 Å². The fourth-order valence-corrected chi connectivity index (χ4v) is 3.48. The molecule has 5 heteroatoms. The molecule has 0 bridgehead atoms. The number of hydrogen-bond acceptors (Lipinski definition) is 4. The Balaban J connectivity index is 1.68. The van der Waals surface area contributed by atoms with Crippen molar-refractivity contribution in [2.24, 2.45) is 0 Å². The van der Waals surface area contributed by atoms with Gasteiger partial charge >= 0.3 is 0 Å². The Morgan fingerprint density at radius 1 is 1.07 bits per heavy atom. The Hall–Kier alpha value is -2.53. The van der Waals surface area contributed by atoms with Crippen molar-refractivity contribution in [3.63, 3.8) is 0 Å². The maximum absolute atomic E-state index is 12.0. The number of benzene rings is 2. The van der Waals surface area contributed by atoms with E-state index in [2.05, 4.69) is 41.5 Å². The highest BCUT2D eigenvalue weighted by atomic mass is 32.2. The minimum atomic E-state index is -0.0535. The zero-order chi connectivity index (χ0) is 19.2. The number of rotatable bonds is 7. The van der Waals surface area contributed by atoms with Gasteiger partial charge in [0.05, 0.1) is 5.69 Å². The van der Waals surface area contributed by atoms with Gasteiger partial charge in [0.1, 0.15) is 5.76 Å². The zero-order valence-corrected chi connectivity index (χ0v) is 16.7. The average molecular weight is 381 g/mol. The summed E-state index contributed by atoms with van der Waals surface area (Å²) < 4.78 is 5.85. The third-order valence-electron chi connectivity index (χ3n) is 4.22. The summed E-state index contributed by atoms with van der Waals surface area (Å²) in [7, 11) is 0. The van der Waals surface area contributed by atoms with Crippen LogP contribution >= 0.6 is 11.8 Å². The number of oxazole rings is 1. The SMILES string of the molecule is CCCNC(=O)c1ccc(-c2nc(CSc3ccc(C)cc3)c(C)o2)cc1. The van der Waals surface area contributed by atoms with E-state index in [0.29, 0.717) is 18.0 Å². The second-order valence-electron chi connectivity index (χ2n) is 6.46. The summed E-state index contributed by atoms with van der Waals surface area (Å²) in [6.07, 6.45) is 0.919. The van der Waals surface area contributed by atoms with Gasteiger partial charge in [-0.25, -0.2) is 4.98 Å². The molecule has 4 nitrogen and oxygen atoms in total. The standard InChI is InChI=1S/C22H24N2O2S/c1-4-13-23-21(25)17-7-9-18(10-8-17)22-24-20(16(3)26-22)14-27-19-11-5-15(2)6-12-19/h5-12H,4,13-14H2,1-3H3,(H,23,25). The van der Waals surface area contributed by atoms with Crippen LogP contribution in [-0.2, 0) is 5.75 Å². The van der Waals surface area contributed by atoms with Crippen LogP contribution in [0.1, 0.15) is 40.7 Å². The van der Waals surface area contributed by atoms with E-state index in [0.717, 1.165) is 29.2 Å². The van der Waals surface area contributed by atoms with Gasteiger partial charge in [0.25, 0.3) is 5.91 Å². The number of carbonyl (C=O) groups is 1. The summed E-state index contributed by atoms with van der Waals surface area (Å²) in [5, 5.41) is 2.88. The maximum Gasteiger partial charge on any atom is 0.251 e. The first-order valence-electron chi connectivity index (χ1n) is 9.11. The summed E-state index contributed by atoms with van der Waals surface area (Å²) in [4.78, 5) is 17.9. The average Bonchev–Trinajstić information content (AvgIpc) is 3.06. The van der Waals surface area contributed by atoms with Crippen LogP contribution in [0.3, 0.4) is 0 Å². The largest absolute Gasteiger partial charge is 0.441 e. The lowest BCUT2D eigenvalue weighted by Crippen LogP contribution is -2.23. The maximum atomic E-state index is 12.0. The van der Waals surface area contributed by atoms with E-state index in [1.807, 2.05) is 26.0 Å². The molecule has 0 aliphatic rings. The van der Waals surface area contributed by atoms with E-state index in [1.54, 1.807) is 23.9 Å². The van der Waals surface area contributed by atoms with Crippen molar-refractivity contribution in [1.29, 1.82) is 0 Å². The third-order valence-corrected chi connectivity index (χ3v) is 5.24. The fraction of sp³-hybridized carbons (Fsp3) is 0.273. The Morgan fingerprint density at radius 2 is 1.78 bits per heavy atom. The number of nitrogens with one attached hydrogen (secondary N) is 1. The van der Waals surface area contributed by atoms with Gasteiger partial charge in [0.15, 0.2) is 0 Å². The van der Waals surface area contributed by atoms with E-state index in [-0.39, 0.29) is 5.91 Å². The summed E-state index contributed by atoms with van der Waals surface area (Å²) >= 11 is 1.74. The molecule has 1 amide bonds. The Labute approximate surface area is 164 Å². The molecule has 1 heterocycles. The molecule has 0 saturated carbocycles. The van der Waals surface area contributed by atoms with Crippen molar-refractivity contribution in [2.75, 3.05) is 6.54 Å². The van der Waals surface area contributed by atoms with Crippen molar-refractivity contribution in [2.45, 2.75) is 37.8 Å². The van der Waals surface area contributed by atoms with Crippen LogP contribution in [0.5, 0.6) is 0 Å². The number of aromatic nitrogens is 1. The third kappa shape index (κ3) is 5.01. The second kappa shape index (κ2) is 8.91. The summed E-state index contributed by atoms with van der Waals surface area (Å²) in [5.41, 5.74) is 3.72. The van der Waals surface area contributed by atoms with Crippen molar-refractivity contribution in [3.8, 4) is 11.5 Å². The summed E-state index contributed by atoms with van der Waals surface area (Å²) in [5.74, 6) is 2.12. The molecular formula is C22H24N2O2S. The lowest BCUT2D eigenvalue weighted by molar-refractivity contribution is 0.0953. The van der Waals surface area contributed by atoms with Gasteiger partial charge in [-0.2, -0.15) is 0 Å². The smallest absolute Gasteiger partial charge is 0.251 e. The quantitative estimate of drug-likeness (QED) is 0.558. The molecule has 3 aromatic rings. The van der Waals surface area contributed by atoms with Crippen molar-refractivity contribution >= 4 is 17.7 Å². The normalized spacial score (nSPS) is 10.8. The fourth-order valence-electron chi connectivity index (χ4n) is 2.58. The first kappa shape index (κ1) is 19.2. The lowest BCUT2D eigenvalue weighted by atomic mass is 10.1. The second-order valence-corrected chi connectivity index (χ2v) is 7.51.